The van der Waals surface area contributed by atoms with Crippen molar-refractivity contribution in [1.82, 2.24) is 0 Å². The van der Waals surface area contributed by atoms with E-state index >= 15 is 0 Å². The molecule has 2 heteroatoms. The van der Waals surface area contributed by atoms with Crippen LogP contribution in [0.3, 0.4) is 0 Å². The summed E-state index contributed by atoms with van der Waals surface area (Å²) in [5.41, 5.74) is 1.56. The number of hydrogen-bond acceptors (Lipinski definition) is 1. The zero-order chi connectivity index (χ0) is 10.5. The van der Waals surface area contributed by atoms with Gasteiger partial charge < -0.3 is 4.79 Å². The maximum absolute atomic E-state index is 11.2. The number of aldehydes is 1. The fourth-order valence-corrected chi connectivity index (χ4v) is 3.08. The van der Waals surface area contributed by atoms with Crippen LogP contribution in [-0.2, 0) is 10.2 Å². The quantitative estimate of drug-likeness (QED) is 0.765. The maximum atomic E-state index is 11.2. The van der Waals surface area contributed by atoms with Crippen molar-refractivity contribution in [2.75, 3.05) is 0 Å². The number of carbonyl (C=O) groups is 1. The van der Waals surface area contributed by atoms with Gasteiger partial charge >= 0.3 is 0 Å². The van der Waals surface area contributed by atoms with Crippen LogP contribution in [0.2, 0.25) is 0 Å². The molecule has 0 bridgehead atoms. The van der Waals surface area contributed by atoms with Gasteiger partial charge in [0.1, 0.15) is 6.29 Å². The number of carbonyl (C=O) groups excluding carboxylic acids is 1. The molecule has 0 amide bonds. The van der Waals surface area contributed by atoms with Crippen molar-refractivity contribution in [3.8, 4) is 0 Å². The van der Waals surface area contributed by atoms with E-state index in [4.69, 9.17) is 0 Å². The highest BCUT2D eigenvalue weighted by atomic mass is 79.9. The summed E-state index contributed by atoms with van der Waals surface area (Å²) in [5.74, 6) is 0. The van der Waals surface area contributed by atoms with Crippen LogP contribution < -0.4 is 0 Å². The highest BCUT2D eigenvalue weighted by Crippen LogP contribution is 2.69. The van der Waals surface area contributed by atoms with Gasteiger partial charge in [0.25, 0.3) is 0 Å². The maximum Gasteiger partial charge on any atom is 0.127 e. The van der Waals surface area contributed by atoms with Crippen LogP contribution >= 0.6 is 15.9 Å². The predicted molar refractivity (Wildman–Crippen MR) is 62.8 cm³/mol. The van der Waals surface area contributed by atoms with Crippen molar-refractivity contribution >= 4 is 22.2 Å². The SMILES string of the molecule is O=CC1(C2(c3ccc(Br)cc3)CC2)CC1. The van der Waals surface area contributed by atoms with Crippen molar-refractivity contribution in [1.29, 1.82) is 0 Å². The minimum Gasteiger partial charge on any atom is -0.303 e. The van der Waals surface area contributed by atoms with E-state index in [9.17, 15) is 4.79 Å². The fraction of sp³-hybridized carbons (Fsp3) is 0.462. The van der Waals surface area contributed by atoms with Crippen LogP contribution in [0.5, 0.6) is 0 Å². The van der Waals surface area contributed by atoms with Crippen LogP contribution in [0.1, 0.15) is 31.2 Å². The first-order chi connectivity index (χ1) is 7.22. The molecule has 1 aromatic rings. The lowest BCUT2D eigenvalue weighted by Crippen LogP contribution is -2.23. The van der Waals surface area contributed by atoms with Gasteiger partial charge in [-0.25, -0.2) is 0 Å². The van der Waals surface area contributed by atoms with E-state index in [0.29, 0.717) is 0 Å². The second-order valence-electron chi connectivity index (χ2n) is 4.86. The highest BCUT2D eigenvalue weighted by molar-refractivity contribution is 9.10. The molecule has 1 nitrogen and oxygen atoms in total. The molecular weight excluding hydrogens is 252 g/mol. The Morgan fingerprint density at radius 3 is 2.07 bits per heavy atom. The van der Waals surface area contributed by atoms with E-state index in [1.54, 1.807) is 0 Å². The van der Waals surface area contributed by atoms with Crippen molar-refractivity contribution in [3.63, 3.8) is 0 Å². The molecule has 1 aromatic carbocycles. The van der Waals surface area contributed by atoms with E-state index < -0.39 is 0 Å². The van der Waals surface area contributed by atoms with Crippen LogP contribution in [0.25, 0.3) is 0 Å². The molecule has 0 aromatic heterocycles. The van der Waals surface area contributed by atoms with E-state index in [1.165, 1.54) is 24.7 Å². The lowest BCUT2D eigenvalue weighted by Gasteiger charge is -2.22. The van der Waals surface area contributed by atoms with Crippen molar-refractivity contribution in [2.45, 2.75) is 31.1 Å². The minimum atomic E-state index is 0.000823. The van der Waals surface area contributed by atoms with Crippen LogP contribution in [-0.4, -0.2) is 6.29 Å². The Bertz CT molecular complexity index is 399. The molecule has 2 fully saturated rings. The second-order valence-corrected chi connectivity index (χ2v) is 5.78. The molecule has 0 saturated heterocycles. The summed E-state index contributed by atoms with van der Waals surface area (Å²) in [6.45, 7) is 0. The largest absolute Gasteiger partial charge is 0.303 e. The third-order valence-electron chi connectivity index (χ3n) is 4.11. The van der Waals surface area contributed by atoms with Gasteiger partial charge in [0, 0.05) is 15.3 Å². The number of halogens is 1. The normalized spacial score (nSPS) is 24.6. The number of rotatable bonds is 3. The average molecular weight is 265 g/mol. The zero-order valence-electron chi connectivity index (χ0n) is 8.50. The predicted octanol–water partition coefficient (Wildman–Crippen LogP) is 3.46. The first kappa shape index (κ1) is 9.59. The third kappa shape index (κ3) is 1.24. The summed E-state index contributed by atoms with van der Waals surface area (Å²) in [5, 5.41) is 0. The summed E-state index contributed by atoms with van der Waals surface area (Å²) in [4.78, 5) is 11.2. The highest BCUT2D eigenvalue weighted by Gasteiger charge is 2.66. The van der Waals surface area contributed by atoms with Gasteiger partial charge in [-0.15, -0.1) is 0 Å². The van der Waals surface area contributed by atoms with Crippen molar-refractivity contribution in [3.05, 3.63) is 34.3 Å². The van der Waals surface area contributed by atoms with Crippen molar-refractivity contribution < 1.29 is 4.79 Å². The van der Waals surface area contributed by atoms with Gasteiger partial charge in [-0.2, -0.15) is 0 Å². The van der Waals surface area contributed by atoms with Crippen LogP contribution in [0.4, 0.5) is 0 Å². The zero-order valence-corrected chi connectivity index (χ0v) is 10.1. The summed E-state index contributed by atoms with van der Waals surface area (Å²) in [6.07, 6.45) is 5.77. The molecule has 3 rings (SSSR count). The van der Waals surface area contributed by atoms with Gasteiger partial charge in [-0.1, -0.05) is 28.1 Å². The van der Waals surface area contributed by atoms with E-state index in [0.717, 1.165) is 17.3 Å². The lowest BCUT2D eigenvalue weighted by molar-refractivity contribution is -0.113. The van der Waals surface area contributed by atoms with Gasteiger partial charge in [0.2, 0.25) is 0 Å². The van der Waals surface area contributed by atoms with Crippen LogP contribution in [0.15, 0.2) is 28.7 Å². The molecule has 0 spiro atoms. The molecule has 78 valence electrons. The molecule has 0 radical (unpaired) electrons. The Balaban J connectivity index is 2.00. The van der Waals surface area contributed by atoms with Crippen LogP contribution in [0, 0.1) is 5.41 Å². The molecule has 2 saturated carbocycles. The fourth-order valence-electron chi connectivity index (χ4n) is 2.81. The topological polar surface area (TPSA) is 17.1 Å². The number of hydrogen-bond donors (Lipinski definition) is 0. The summed E-state index contributed by atoms with van der Waals surface area (Å²) in [6, 6.07) is 8.49. The van der Waals surface area contributed by atoms with E-state index in [1.807, 2.05) is 0 Å². The molecule has 0 heterocycles. The molecule has 2 aliphatic carbocycles. The smallest absolute Gasteiger partial charge is 0.127 e. The second kappa shape index (κ2) is 2.94. The van der Waals surface area contributed by atoms with E-state index in [-0.39, 0.29) is 10.8 Å². The van der Waals surface area contributed by atoms with Gasteiger partial charge in [-0.05, 0) is 43.4 Å². The molecule has 0 unspecified atom stereocenters. The van der Waals surface area contributed by atoms with Gasteiger partial charge in [-0.3, -0.25) is 0 Å². The Labute approximate surface area is 98.0 Å². The first-order valence-electron chi connectivity index (χ1n) is 5.45. The Morgan fingerprint density at radius 1 is 1.07 bits per heavy atom. The molecule has 0 aliphatic heterocycles. The molecular formula is C13H13BrO. The average Bonchev–Trinajstić information content (AvgIpc) is 3.13. The number of benzene rings is 1. The van der Waals surface area contributed by atoms with Gasteiger partial charge in [0.15, 0.2) is 0 Å². The monoisotopic (exact) mass is 264 g/mol. The Morgan fingerprint density at radius 2 is 1.67 bits per heavy atom. The molecule has 2 aliphatic rings. The van der Waals surface area contributed by atoms with E-state index in [2.05, 4.69) is 40.2 Å². The molecule has 15 heavy (non-hydrogen) atoms. The summed E-state index contributed by atoms with van der Waals surface area (Å²) >= 11 is 3.45. The molecule has 0 N–H and O–H groups in total. The van der Waals surface area contributed by atoms with Crippen molar-refractivity contribution in [2.24, 2.45) is 5.41 Å². The standard InChI is InChI=1S/C13H13BrO/c14-11-3-1-10(2-4-11)13(7-8-13)12(9-15)5-6-12/h1-4,9H,5-8H2. The first-order valence-corrected chi connectivity index (χ1v) is 6.24. The summed E-state index contributed by atoms with van der Waals surface area (Å²) in [7, 11) is 0. The minimum absolute atomic E-state index is 0.000823. The Hall–Kier alpha value is -0.630. The lowest BCUT2D eigenvalue weighted by atomic mass is 9.81. The molecule has 0 atom stereocenters. The van der Waals surface area contributed by atoms with Gasteiger partial charge in [0.05, 0.1) is 0 Å². The Kier molecular flexibility index (Phi) is 1.88. The summed E-state index contributed by atoms with van der Waals surface area (Å²) < 4.78 is 1.11. The third-order valence-corrected chi connectivity index (χ3v) is 4.64.